The summed E-state index contributed by atoms with van der Waals surface area (Å²) in [6.07, 6.45) is 2.92. The first-order valence-electron chi connectivity index (χ1n) is 5.53. The molecule has 4 heteroatoms. The molecule has 1 aromatic rings. The van der Waals surface area contributed by atoms with Crippen LogP contribution < -0.4 is 10.6 Å². The van der Waals surface area contributed by atoms with E-state index in [9.17, 15) is 0 Å². The van der Waals surface area contributed by atoms with Crippen LogP contribution in [0.5, 0.6) is 0 Å². The molecule has 0 saturated carbocycles. The maximum absolute atomic E-state index is 4.33. The van der Waals surface area contributed by atoms with Crippen molar-refractivity contribution in [3.05, 3.63) is 12.3 Å². The molecule has 0 bridgehead atoms. The summed E-state index contributed by atoms with van der Waals surface area (Å²) in [6, 6.07) is 1.89. The number of aromatic nitrogens is 2. The van der Waals surface area contributed by atoms with Gasteiger partial charge in [0.2, 0.25) is 5.95 Å². The highest BCUT2D eigenvalue weighted by atomic mass is 15.1. The molecule has 0 aliphatic rings. The third kappa shape index (κ3) is 4.63. The van der Waals surface area contributed by atoms with Gasteiger partial charge in [-0.15, -0.1) is 0 Å². The van der Waals surface area contributed by atoms with Crippen LogP contribution in [0.15, 0.2) is 12.3 Å². The molecule has 84 valence electrons. The first kappa shape index (κ1) is 11.8. The number of rotatable bonds is 6. The Hall–Kier alpha value is -1.32. The number of nitrogens with one attached hydrogen (secondary N) is 2. The minimum Gasteiger partial charge on any atom is -0.370 e. The van der Waals surface area contributed by atoms with Gasteiger partial charge in [-0.3, -0.25) is 0 Å². The largest absolute Gasteiger partial charge is 0.370 e. The number of hydrogen-bond acceptors (Lipinski definition) is 4. The van der Waals surface area contributed by atoms with Crippen LogP contribution in [-0.4, -0.2) is 23.1 Å². The van der Waals surface area contributed by atoms with E-state index in [4.69, 9.17) is 0 Å². The number of hydrogen-bond donors (Lipinski definition) is 2. The van der Waals surface area contributed by atoms with Crippen molar-refractivity contribution in [1.29, 1.82) is 0 Å². The summed E-state index contributed by atoms with van der Waals surface area (Å²) in [5, 5.41) is 6.37. The Morgan fingerprint density at radius 1 is 1.33 bits per heavy atom. The Morgan fingerprint density at radius 2 is 2.13 bits per heavy atom. The van der Waals surface area contributed by atoms with Gasteiger partial charge in [-0.25, -0.2) is 4.98 Å². The van der Waals surface area contributed by atoms with Gasteiger partial charge < -0.3 is 10.6 Å². The minimum atomic E-state index is 0.687. The smallest absolute Gasteiger partial charge is 0.224 e. The highest BCUT2D eigenvalue weighted by Crippen LogP contribution is 2.06. The fraction of sp³-hybridized carbons (Fsp3) is 0.636. The molecule has 2 N–H and O–H groups in total. The molecule has 0 saturated heterocycles. The van der Waals surface area contributed by atoms with Crippen LogP contribution in [-0.2, 0) is 0 Å². The standard InChI is InChI=1S/C11H20N4/c1-4-12-11-14-8-6-10(15-11)13-7-5-9(2)3/h6,8-9H,4-5,7H2,1-3H3,(H2,12,13,14,15). The molecule has 0 aromatic carbocycles. The topological polar surface area (TPSA) is 49.8 Å². The Morgan fingerprint density at radius 3 is 2.80 bits per heavy atom. The van der Waals surface area contributed by atoms with Gasteiger partial charge in [0.15, 0.2) is 0 Å². The first-order chi connectivity index (χ1) is 7.22. The fourth-order valence-electron chi connectivity index (χ4n) is 1.19. The molecule has 0 fully saturated rings. The molecular weight excluding hydrogens is 188 g/mol. The zero-order valence-electron chi connectivity index (χ0n) is 9.75. The second-order valence-corrected chi connectivity index (χ2v) is 3.91. The van der Waals surface area contributed by atoms with Gasteiger partial charge in [0.1, 0.15) is 5.82 Å². The van der Waals surface area contributed by atoms with E-state index < -0.39 is 0 Å². The number of nitrogens with zero attached hydrogens (tertiary/aromatic N) is 2. The van der Waals surface area contributed by atoms with Crippen LogP contribution in [0.1, 0.15) is 27.2 Å². The first-order valence-corrected chi connectivity index (χ1v) is 5.53. The molecule has 0 amide bonds. The molecule has 4 nitrogen and oxygen atoms in total. The van der Waals surface area contributed by atoms with Crippen LogP contribution in [0.4, 0.5) is 11.8 Å². The highest BCUT2D eigenvalue weighted by Gasteiger charge is 1.98. The van der Waals surface area contributed by atoms with Crippen LogP contribution in [0.25, 0.3) is 0 Å². The van der Waals surface area contributed by atoms with Crippen molar-refractivity contribution in [1.82, 2.24) is 9.97 Å². The van der Waals surface area contributed by atoms with Crippen molar-refractivity contribution in [2.45, 2.75) is 27.2 Å². The predicted molar refractivity (Wildman–Crippen MR) is 64.1 cm³/mol. The van der Waals surface area contributed by atoms with E-state index in [2.05, 4.69) is 34.4 Å². The molecule has 1 heterocycles. The van der Waals surface area contributed by atoms with Gasteiger partial charge in [-0.2, -0.15) is 4.98 Å². The maximum atomic E-state index is 4.33. The fourth-order valence-corrected chi connectivity index (χ4v) is 1.19. The molecule has 0 unspecified atom stereocenters. The van der Waals surface area contributed by atoms with E-state index in [-0.39, 0.29) is 0 Å². The predicted octanol–water partition coefficient (Wildman–Crippen LogP) is 2.37. The molecule has 0 atom stereocenters. The highest BCUT2D eigenvalue weighted by molar-refractivity contribution is 5.39. The molecule has 1 aromatic heterocycles. The van der Waals surface area contributed by atoms with Crippen LogP contribution in [0, 0.1) is 5.92 Å². The second kappa shape index (κ2) is 6.22. The quantitative estimate of drug-likeness (QED) is 0.753. The lowest BCUT2D eigenvalue weighted by Gasteiger charge is -2.08. The van der Waals surface area contributed by atoms with Crippen molar-refractivity contribution < 1.29 is 0 Å². The van der Waals surface area contributed by atoms with Crippen molar-refractivity contribution in [3.8, 4) is 0 Å². The second-order valence-electron chi connectivity index (χ2n) is 3.91. The van der Waals surface area contributed by atoms with Crippen LogP contribution in [0.3, 0.4) is 0 Å². The summed E-state index contributed by atoms with van der Waals surface area (Å²) in [4.78, 5) is 8.44. The average Bonchev–Trinajstić information content (AvgIpc) is 2.18. The van der Waals surface area contributed by atoms with Gasteiger partial charge >= 0.3 is 0 Å². The third-order valence-corrected chi connectivity index (χ3v) is 2.02. The molecule has 0 radical (unpaired) electrons. The summed E-state index contributed by atoms with van der Waals surface area (Å²) >= 11 is 0. The Bertz CT molecular complexity index is 286. The molecule has 15 heavy (non-hydrogen) atoms. The SMILES string of the molecule is CCNc1nccc(NCCC(C)C)n1. The van der Waals surface area contributed by atoms with Gasteiger partial charge in [0, 0.05) is 19.3 Å². The summed E-state index contributed by atoms with van der Waals surface area (Å²) in [7, 11) is 0. The summed E-state index contributed by atoms with van der Waals surface area (Å²) in [5.74, 6) is 2.29. The van der Waals surface area contributed by atoms with E-state index in [1.165, 1.54) is 0 Å². The van der Waals surface area contributed by atoms with Gasteiger partial charge in [0.05, 0.1) is 0 Å². The van der Waals surface area contributed by atoms with Gasteiger partial charge in [-0.1, -0.05) is 13.8 Å². The van der Waals surface area contributed by atoms with Crippen LogP contribution in [0.2, 0.25) is 0 Å². The monoisotopic (exact) mass is 208 g/mol. The van der Waals surface area contributed by atoms with Crippen molar-refractivity contribution >= 4 is 11.8 Å². The minimum absolute atomic E-state index is 0.687. The van der Waals surface area contributed by atoms with E-state index >= 15 is 0 Å². The zero-order chi connectivity index (χ0) is 11.1. The molecule has 0 spiro atoms. The summed E-state index contributed by atoms with van der Waals surface area (Å²) in [6.45, 7) is 8.26. The summed E-state index contributed by atoms with van der Waals surface area (Å²) in [5.41, 5.74) is 0. The lowest BCUT2D eigenvalue weighted by molar-refractivity contribution is 0.606. The maximum Gasteiger partial charge on any atom is 0.224 e. The van der Waals surface area contributed by atoms with Gasteiger partial charge in [0.25, 0.3) is 0 Å². The average molecular weight is 208 g/mol. The Labute approximate surface area is 91.5 Å². The van der Waals surface area contributed by atoms with Crippen LogP contribution >= 0.6 is 0 Å². The van der Waals surface area contributed by atoms with Crippen molar-refractivity contribution in [2.75, 3.05) is 23.7 Å². The Balaban J connectivity index is 2.43. The van der Waals surface area contributed by atoms with Crippen molar-refractivity contribution in [2.24, 2.45) is 5.92 Å². The van der Waals surface area contributed by atoms with E-state index in [1.807, 2.05) is 13.0 Å². The van der Waals surface area contributed by atoms with E-state index in [0.29, 0.717) is 11.9 Å². The normalized spacial score (nSPS) is 10.4. The Kier molecular flexibility index (Phi) is 4.87. The lowest BCUT2D eigenvalue weighted by Crippen LogP contribution is -2.08. The lowest BCUT2D eigenvalue weighted by atomic mass is 10.1. The zero-order valence-corrected chi connectivity index (χ0v) is 9.75. The van der Waals surface area contributed by atoms with E-state index in [0.717, 1.165) is 25.3 Å². The van der Waals surface area contributed by atoms with Crippen molar-refractivity contribution in [3.63, 3.8) is 0 Å². The summed E-state index contributed by atoms with van der Waals surface area (Å²) < 4.78 is 0. The van der Waals surface area contributed by atoms with E-state index in [1.54, 1.807) is 6.20 Å². The number of anilines is 2. The van der Waals surface area contributed by atoms with Gasteiger partial charge in [-0.05, 0) is 25.3 Å². The molecule has 0 aliphatic heterocycles. The molecule has 1 rings (SSSR count). The third-order valence-electron chi connectivity index (χ3n) is 2.02. The molecular formula is C11H20N4. The molecule has 0 aliphatic carbocycles.